The summed E-state index contributed by atoms with van der Waals surface area (Å²) in [6.45, 7) is 0. The van der Waals surface area contributed by atoms with Crippen LogP contribution in [0.15, 0.2) is 46.2 Å². The second-order valence-corrected chi connectivity index (χ2v) is 10.0. The van der Waals surface area contributed by atoms with Crippen LogP contribution < -0.4 is 0 Å². The lowest BCUT2D eigenvalue weighted by Crippen LogP contribution is -2.23. The highest BCUT2D eigenvalue weighted by molar-refractivity contribution is 8.14. The van der Waals surface area contributed by atoms with E-state index in [0.29, 0.717) is 0 Å². The summed E-state index contributed by atoms with van der Waals surface area (Å²) >= 11 is 0. The SMILES string of the molecule is O=C1c2ccc(S(=O)(=O)Cl)cc2C(=O)c2c1cccc2S(=O)(=O)Cl. The van der Waals surface area contributed by atoms with Gasteiger partial charge in [0.2, 0.25) is 0 Å². The summed E-state index contributed by atoms with van der Waals surface area (Å²) in [7, 11) is 2.16. The van der Waals surface area contributed by atoms with E-state index in [1.165, 1.54) is 12.1 Å². The van der Waals surface area contributed by atoms with E-state index in [0.717, 1.165) is 24.3 Å². The maximum atomic E-state index is 12.7. The fourth-order valence-electron chi connectivity index (χ4n) is 2.50. The molecule has 124 valence electrons. The molecule has 0 atom stereocenters. The quantitative estimate of drug-likeness (QED) is 0.607. The Hall–Kier alpha value is -1.74. The zero-order valence-corrected chi connectivity index (χ0v) is 14.6. The Kier molecular flexibility index (Phi) is 3.83. The largest absolute Gasteiger partial charge is 0.289 e. The normalized spacial score (nSPS) is 14.2. The van der Waals surface area contributed by atoms with Crippen molar-refractivity contribution < 1.29 is 26.4 Å². The van der Waals surface area contributed by atoms with Crippen molar-refractivity contribution >= 4 is 51.0 Å². The van der Waals surface area contributed by atoms with E-state index in [-0.39, 0.29) is 27.1 Å². The van der Waals surface area contributed by atoms with Crippen molar-refractivity contribution in [1.29, 1.82) is 0 Å². The summed E-state index contributed by atoms with van der Waals surface area (Å²) in [6.07, 6.45) is 0. The van der Waals surface area contributed by atoms with Crippen LogP contribution in [-0.4, -0.2) is 28.4 Å². The Balaban J connectivity index is 2.37. The summed E-state index contributed by atoms with van der Waals surface area (Å²) in [5.41, 5.74) is -0.785. The Labute approximate surface area is 145 Å². The van der Waals surface area contributed by atoms with Gasteiger partial charge in [0.15, 0.2) is 11.6 Å². The average molecular weight is 405 g/mol. The van der Waals surface area contributed by atoms with Crippen LogP contribution in [0.4, 0.5) is 0 Å². The van der Waals surface area contributed by atoms with E-state index in [1.807, 2.05) is 0 Å². The average Bonchev–Trinajstić information content (AvgIpc) is 2.49. The van der Waals surface area contributed by atoms with Gasteiger partial charge in [-0.1, -0.05) is 12.1 Å². The molecule has 2 aromatic rings. The second-order valence-electron chi connectivity index (χ2n) is 4.92. The van der Waals surface area contributed by atoms with Gasteiger partial charge in [0.1, 0.15) is 0 Å². The fourth-order valence-corrected chi connectivity index (χ4v) is 4.35. The molecule has 0 heterocycles. The van der Waals surface area contributed by atoms with Gasteiger partial charge in [-0.2, -0.15) is 0 Å². The summed E-state index contributed by atoms with van der Waals surface area (Å²) < 4.78 is 46.2. The topological polar surface area (TPSA) is 102 Å². The highest BCUT2D eigenvalue weighted by Gasteiger charge is 2.35. The van der Waals surface area contributed by atoms with Gasteiger partial charge in [-0.15, -0.1) is 0 Å². The molecule has 1 aliphatic rings. The molecule has 1 aliphatic carbocycles. The number of hydrogen-bond donors (Lipinski definition) is 0. The van der Waals surface area contributed by atoms with E-state index >= 15 is 0 Å². The number of rotatable bonds is 2. The van der Waals surface area contributed by atoms with Gasteiger partial charge in [0.25, 0.3) is 18.1 Å². The molecular weight excluding hydrogens is 399 g/mol. The molecule has 0 aromatic heterocycles. The number of fused-ring (bicyclic) bond motifs is 2. The number of carbonyl (C=O) groups excluding carboxylic acids is 2. The molecule has 0 spiro atoms. The van der Waals surface area contributed by atoms with Crippen molar-refractivity contribution in [2.24, 2.45) is 0 Å². The molecule has 0 bridgehead atoms. The van der Waals surface area contributed by atoms with Crippen LogP contribution in [0.3, 0.4) is 0 Å². The number of hydrogen-bond acceptors (Lipinski definition) is 6. The monoisotopic (exact) mass is 404 g/mol. The zero-order chi connectivity index (χ0) is 17.9. The van der Waals surface area contributed by atoms with Gasteiger partial charge in [-0.3, -0.25) is 9.59 Å². The Morgan fingerprint density at radius 1 is 0.708 bits per heavy atom. The molecule has 24 heavy (non-hydrogen) atoms. The number of ketones is 2. The highest BCUT2D eigenvalue weighted by atomic mass is 35.7. The molecule has 0 amide bonds. The minimum atomic E-state index is -4.29. The fraction of sp³-hybridized carbons (Fsp3) is 0. The molecule has 0 N–H and O–H groups in total. The molecule has 0 saturated heterocycles. The second kappa shape index (κ2) is 5.38. The zero-order valence-electron chi connectivity index (χ0n) is 11.5. The molecular formula is C14H6Cl2O6S2. The molecule has 0 unspecified atom stereocenters. The summed E-state index contributed by atoms with van der Waals surface area (Å²) in [6, 6.07) is 6.89. The number of carbonyl (C=O) groups is 2. The predicted octanol–water partition coefficient (Wildman–Crippen LogP) is 2.32. The third-order valence-corrected chi connectivity index (χ3v) is 6.24. The number of benzene rings is 2. The standard InChI is InChI=1S/C14H6Cl2O6S2/c15-23(19,20)7-4-5-8-10(6-7)14(18)12-9(13(8)17)2-1-3-11(12)24(16,21)22/h1-6H. The van der Waals surface area contributed by atoms with Crippen molar-refractivity contribution in [3.63, 3.8) is 0 Å². The molecule has 0 saturated carbocycles. The maximum absolute atomic E-state index is 12.7. The smallest absolute Gasteiger partial charge is 0.262 e. The number of halogens is 2. The lowest BCUT2D eigenvalue weighted by Gasteiger charge is -2.19. The lowest BCUT2D eigenvalue weighted by atomic mass is 9.84. The van der Waals surface area contributed by atoms with Crippen LogP contribution >= 0.6 is 21.4 Å². The highest BCUT2D eigenvalue weighted by Crippen LogP contribution is 2.34. The van der Waals surface area contributed by atoms with Crippen LogP contribution in [0.5, 0.6) is 0 Å². The summed E-state index contributed by atoms with van der Waals surface area (Å²) in [4.78, 5) is 24.3. The molecule has 0 radical (unpaired) electrons. The van der Waals surface area contributed by atoms with E-state index in [4.69, 9.17) is 21.4 Å². The van der Waals surface area contributed by atoms with E-state index < -0.39 is 34.6 Å². The van der Waals surface area contributed by atoms with Crippen LogP contribution in [-0.2, 0) is 18.1 Å². The van der Waals surface area contributed by atoms with Crippen LogP contribution in [0.1, 0.15) is 31.8 Å². The van der Waals surface area contributed by atoms with E-state index in [2.05, 4.69) is 0 Å². The van der Waals surface area contributed by atoms with Gasteiger partial charge in [-0.25, -0.2) is 16.8 Å². The van der Waals surface area contributed by atoms with Crippen molar-refractivity contribution in [3.05, 3.63) is 58.7 Å². The minimum Gasteiger partial charge on any atom is -0.289 e. The van der Waals surface area contributed by atoms with Crippen LogP contribution in [0, 0.1) is 0 Å². The molecule has 3 rings (SSSR count). The Bertz CT molecular complexity index is 1130. The summed E-state index contributed by atoms with van der Waals surface area (Å²) in [5, 5.41) is 0. The van der Waals surface area contributed by atoms with Crippen molar-refractivity contribution in [2.75, 3.05) is 0 Å². The third-order valence-electron chi connectivity index (χ3n) is 3.52. The summed E-state index contributed by atoms with van der Waals surface area (Å²) in [5.74, 6) is -1.43. The van der Waals surface area contributed by atoms with Crippen LogP contribution in [0.25, 0.3) is 0 Å². The Morgan fingerprint density at radius 3 is 1.96 bits per heavy atom. The van der Waals surface area contributed by atoms with Gasteiger partial charge in [0, 0.05) is 38.1 Å². The molecule has 6 nitrogen and oxygen atoms in total. The molecule has 2 aromatic carbocycles. The predicted molar refractivity (Wildman–Crippen MR) is 85.8 cm³/mol. The molecule has 0 aliphatic heterocycles. The van der Waals surface area contributed by atoms with Gasteiger partial charge in [0.05, 0.1) is 15.4 Å². The van der Waals surface area contributed by atoms with Gasteiger partial charge in [-0.05, 0) is 24.3 Å². The Morgan fingerprint density at radius 2 is 1.38 bits per heavy atom. The molecule has 10 heteroatoms. The van der Waals surface area contributed by atoms with Gasteiger partial charge >= 0.3 is 0 Å². The first-order valence-corrected chi connectivity index (χ1v) is 10.9. The molecule has 0 fully saturated rings. The van der Waals surface area contributed by atoms with Crippen molar-refractivity contribution in [3.8, 4) is 0 Å². The van der Waals surface area contributed by atoms with E-state index in [1.54, 1.807) is 0 Å². The van der Waals surface area contributed by atoms with E-state index in [9.17, 15) is 26.4 Å². The van der Waals surface area contributed by atoms with Crippen LogP contribution in [0.2, 0.25) is 0 Å². The third kappa shape index (κ3) is 2.65. The minimum absolute atomic E-state index is 0.0410. The first-order valence-electron chi connectivity index (χ1n) is 6.27. The lowest BCUT2D eigenvalue weighted by molar-refractivity contribution is 0.0976. The first-order chi connectivity index (χ1) is 11.0. The van der Waals surface area contributed by atoms with Crippen molar-refractivity contribution in [2.45, 2.75) is 9.79 Å². The first kappa shape index (κ1) is 17.1. The maximum Gasteiger partial charge on any atom is 0.262 e. The van der Waals surface area contributed by atoms with Crippen molar-refractivity contribution in [1.82, 2.24) is 0 Å². The van der Waals surface area contributed by atoms with Gasteiger partial charge < -0.3 is 0 Å².